The summed E-state index contributed by atoms with van der Waals surface area (Å²) < 4.78 is 0. The molecule has 0 saturated heterocycles. The van der Waals surface area contributed by atoms with E-state index in [0.717, 1.165) is 16.8 Å². The van der Waals surface area contributed by atoms with Gasteiger partial charge >= 0.3 is 0 Å². The first-order valence-corrected chi connectivity index (χ1v) is 5.56. The fourth-order valence-corrected chi connectivity index (χ4v) is 2.06. The van der Waals surface area contributed by atoms with Crippen LogP contribution in [0.1, 0.15) is 22.1 Å². The summed E-state index contributed by atoms with van der Waals surface area (Å²) in [5, 5.41) is 6.21. The van der Waals surface area contributed by atoms with Crippen molar-refractivity contribution >= 4 is 11.6 Å². The number of carbonyl (C=O) groups is 1. The van der Waals surface area contributed by atoms with Crippen LogP contribution < -0.4 is 10.6 Å². The van der Waals surface area contributed by atoms with E-state index in [1.807, 2.05) is 54.6 Å². The molecule has 2 aromatic carbocycles. The van der Waals surface area contributed by atoms with Crippen molar-refractivity contribution in [3.05, 3.63) is 65.7 Å². The Morgan fingerprint density at radius 3 is 2.47 bits per heavy atom. The van der Waals surface area contributed by atoms with Crippen LogP contribution in [-0.2, 0) is 0 Å². The summed E-state index contributed by atoms with van der Waals surface area (Å²) in [5.41, 5.74) is 2.75. The Morgan fingerprint density at radius 2 is 1.65 bits per heavy atom. The topological polar surface area (TPSA) is 41.1 Å². The number of carbonyl (C=O) groups excluding carboxylic acids is 1. The molecular weight excluding hydrogens is 212 g/mol. The predicted octanol–water partition coefficient (Wildman–Crippen LogP) is 2.54. The maximum atomic E-state index is 11.7. The van der Waals surface area contributed by atoms with Crippen molar-refractivity contribution in [3.63, 3.8) is 0 Å². The Balaban J connectivity index is 1.90. The molecule has 2 aromatic rings. The van der Waals surface area contributed by atoms with Crippen molar-refractivity contribution in [1.82, 2.24) is 5.32 Å². The van der Waals surface area contributed by atoms with Crippen LogP contribution >= 0.6 is 0 Å². The third-order valence-electron chi connectivity index (χ3n) is 2.88. The lowest BCUT2D eigenvalue weighted by Gasteiger charge is -2.15. The Bertz CT molecular complexity index is 551. The highest BCUT2D eigenvalue weighted by atomic mass is 16.2. The fraction of sp³-hybridized carbons (Fsp3) is 0.0714. The molecular formula is C14H12N2O. The Kier molecular flexibility index (Phi) is 2.29. The molecule has 0 fully saturated rings. The van der Waals surface area contributed by atoms with Crippen LogP contribution in [0.2, 0.25) is 0 Å². The van der Waals surface area contributed by atoms with Gasteiger partial charge in [0, 0.05) is 16.8 Å². The molecule has 1 heterocycles. The molecule has 3 rings (SSSR count). The van der Waals surface area contributed by atoms with Crippen LogP contribution in [0.5, 0.6) is 0 Å². The smallest absolute Gasteiger partial charge is 0.253 e. The standard InChI is InChI=1S/C14H12N2O/c17-14-12-9-5-4-8-11(12)13(16-14)15-10-6-2-1-3-7-10/h1-9,13,15H,(H,16,17)/t13-/m1/s1. The van der Waals surface area contributed by atoms with E-state index in [9.17, 15) is 4.79 Å². The van der Waals surface area contributed by atoms with Gasteiger partial charge in [0.2, 0.25) is 0 Å². The van der Waals surface area contributed by atoms with Crippen LogP contribution in [0.4, 0.5) is 5.69 Å². The molecule has 2 N–H and O–H groups in total. The Morgan fingerprint density at radius 1 is 0.941 bits per heavy atom. The Hall–Kier alpha value is -2.29. The number of anilines is 1. The van der Waals surface area contributed by atoms with Crippen LogP contribution in [-0.4, -0.2) is 5.91 Å². The third-order valence-corrected chi connectivity index (χ3v) is 2.88. The SMILES string of the molecule is O=C1N[C@@H](Nc2ccccc2)c2ccccc21. The quantitative estimate of drug-likeness (QED) is 0.823. The third kappa shape index (κ3) is 1.76. The van der Waals surface area contributed by atoms with Crippen molar-refractivity contribution in [2.45, 2.75) is 6.17 Å². The summed E-state index contributed by atoms with van der Waals surface area (Å²) >= 11 is 0. The predicted molar refractivity (Wildman–Crippen MR) is 66.7 cm³/mol. The van der Waals surface area contributed by atoms with Crippen LogP contribution in [0.25, 0.3) is 0 Å². The molecule has 0 radical (unpaired) electrons. The molecule has 0 unspecified atom stereocenters. The zero-order valence-corrected chi connectivity index (χ0v) is 9.18. The minimum absolute atomic E-state index is 0.0194. The van der Waals surface area contributed by atoms with Crippen LogP contribution in [0, 0.1) is 0 Å². The second kappa shape index (κ2) is 3.94. The molecule has 1 atom stereocenters. The number of fused-ring (bicyclic) bond motifs is 1. The van der Waals surface area contributed by atoms with E-state index in [1.54, 1.807) is 0 Å². The first-order chi connectivity index (χ1) is 8.34. The highest BCUT2D eigenvalue weighted by molar-refractivity contribution is 5.99. The lowest BCUT2D eigenvalue weighted by atomic mass is 10.1. The molecule has 1 aliphatic heterocycles. The molecule has 0 spiro atoms. The van der Waals surface area contributed by atoms with E-state index in [4.69, 9.17) is 0 Å². The zero-order valence-electron chi connectivity index (χ0n) is 9.18. The Labute approximate surface area is 99.5 Å². The normalized spacial score (nSPS) is 17.4. The minimum Gasteiger partial charge on any atom is -0.362 e. The van der Waals surface area contributed by atoms with E-state index in [1.165, 1.54) is 0 Å². The molecule has 0 aromatic heterocycles. The van der Waals surface area contributed by atoms with Crippen molar-refractivity contribution in [2.75, 3.05) is 5.32 Å². The average molecular weight is 224 g/mol. The van der Waals surface area contributed by atoms with Crippen molar-refractivity contribution in [2.24, 2.45) is 0 Å². The number of amides is 1. The van der Waals surface area contributed by atoms with E-state index in [-0.39, 0.29) is 12.1 Å². The van der Waals surface area contributed by atoms with E-state index >= 15 is 0 Å². The van der Waals surface area contributed by atoms with Gasteiger partial charge in [-0.2, -0.15) is 0 Å². The largest absolute Gasteiger partial charge is 0.362 e. The molecule has 17 heavy (non-hydrogen) atoms. The summed E-state index contributed by atoms with van der Waals surface area (Å²) in [6.07, 6.45) is -0.138. The molecule has 0 saturated carbocycles. The maximum Gasteiger partial charge on any atom is 0.253 e. The van der Waals surface area contributed by atoms with Gasteiger partial charge in [-0.05, 0) is 18.2 Å². The highest BCUT2D eigenvalue weighted by Gasteiger charge is 2.27. The van der Waals surface area contributed by atoms with Gasteiger partial charge in [-0.1, -0.05) is 36.4 Å². The lowest BCUT2D eigenvalue weighted by molar-refractivity contribution is 0.0959. The number of benzene rings is 2. The van der Waals surface area contributed by atoms with Crippen molar-refractivity contribution in [3.8, 4) is 0 Å². The molecule has 3 heteroatoms. The molecule has 0 bridgehead atoms. The number of nitrogens with one attached hydrogen (secondary N) is 2. The first kappa shape index (κ1) is 9.90. The minimum atomic E-state index is -0.138. The maximum absolute atomic E-state index is 11.7. The fourth-order valence-electron chi connectivity index (χ4n) is 2.06. The van der Waals surface area contributed by atoms with Gasteiger partial charge in [-0.15, -0.1) is 0 Å². The molecule has 3 nitrogen and oxygen atoms in total. The van der Waals surface area contributed by atoms with E-state index in [2.05, 4.69) is 10.6 Å². The molecule has 84 valence electrons. The van der Waals surface area contributed by atoms with E-state index in [0.29, 0.717) is 0 Å². The second-order valence-electron chi connectivity index (χ2n) is 4.00. The van der Waals surface area contributed by atoms with Crippen molar-refractivity contribution in [1.29, 1.82) is 0 Å². The summed E-state index contributed by atoms with van der Waals surface area (Å²) in [6.45, 7) is 0. The second-order valence-corrected chi connectivity index (χ2v) is 4.00. The molecule has 1 amide bonds. The number of rotatable bonds is 2. The van der Waals surface area contributed by atoms with Gasteiger partial charge in [-0.25, -0.2) is 0 Å². The van der Waals surface area contributed by atoms with Gasteiger partial charge in [-0.3, -0.25) is 4.79 Å². The average Bonchev–Trinajstić information content (AvgIpc) is 2.69. The van der Waals surface area contributed by atoms with Gasteiger partial charge < -0.3 is 10.6 Å². The zero-order chi connectivity index (χ0) is 11.7. The van der Waals surface area contributed by atoms with Crippen molar-refractivity contribution < 1.29 is 4.79 Å². The van der Waals surface area contributed by atoms with Gasteiger partial charge in [0.15, 0.2) is 0 Å². The number of para-hydroxylation sites is 1. The van der Waals surface area contributed by atoms with Gasteiger partial charge in [0.05, 0.1) is 0 Å². The summed E-state index contributed by atoms with van der Waals surface area (Å²) in [6, 6.07) is 17.5. The number of hydrogen-bond acceptors (Lipinski definition) is 2. The van der Waals surface area contributed by atoms with Gasteiger partial charge in [0.25, 0.3) is 5.91 Å². The van der Waals surface area contributed by atoms with Gasteiger partial charge in [0.1, 0.15) is 6.17 Å². The van der Waals surface area contributed by atoms with Crippen LogP contribution in [0.3, 0.4) is 0 Å². The summed E-state index contributed by atoms with van der Waals surface area (Å²) in [5.74, 6) is -0.0194. The summed E-state index contributed by atoms with van der Waals surface area (Å²) in [7, 11) is 0. The lowest BCUT2D eigenvalue weighted by Crippen LogP contribution is -2.25. The van der Waals surface area contributed by atoms with Crippen LogP contribution in [0.15, 0.2) is 54.6 Å². The number of hydrogen-bond donors (Lipinski definition) is 2. The van der Waals surface area contributed by atoms with E-state index < -0.39 is 0 Å². The molecule has 0 aliphatic carbocycles. The molecule has 1 aliphatic rings. The summed E-state index contributed by atoms with van der Waals surface area (Å²) in [4.78, 5) is 11.7. The highest BCUT2D eigenvalue weighted by Crippen LogP contribution is 2.26. The first-order valence-electron chi connectivity index (χ1n) is 5.56. The monoisotopic (exact) mass is 224 g/mol.